The first-order chi connectivity index (χ1) is 21.5. The molecule has 8 rings (SSSR count). The van der Waals surface area contributed by atoms with E-state index in [1.165, 1.54) is 77.3 Å². The minimum absolute atomic E-state index is 0.0981. The van der Waals surface area contributed by atoms with Gasteiger partial charge in [-0.3, -0.25) is 4.99 Å². The molecule has 1 aliphatic carbocycles. The first-order valence-corrected chi connectivity index (χ1v) is 16.0. The van der Waals surface area contributed by atoms with E-state index in [1.54, 1.807) is 0 Å². The van der Waals surface area contributed by atoms with Crippen molar-refractivity contribution < 1.29 is 0 Å². The summed E-state index contributed by atoms with van der Waals surface area (Å²) in [6, 6.07) is 43.1. The summed E-state index contributed by atoms with van der Waals surface area (Å²) >= 11 is 0. The molecule has 1 atom stereocenters. The Morgan fingerprint density at radius 3 is 1.82 bits per heavy atom. The average Bonchev–Trinajstić information content (AvgIpc) is 3.28. The van der Waals surface area contributed by atoms with E-state index in [9.17, 15) is 0 Å². The van der Waals surface area contributed by atoms with Crippen molar-refractivity contribution >= 4 is 27.8 Å². The molecule has 1 nitrogen and oxygen atoms in total. The van der Waals surface area contributed by atoms with Gasteiger partial charge < -0.3 is 0 Å². The van der Waals surface area contributed by atoms with Crippen molar-refractivity contribution in [2.75, 3.05) is 0 Å². The lowest BCUT2D eigenvalue weighted by Crippen LogP contribution is -2.15. The highest BCUT2D eigenvalue weighted by Gasteiger charge is 2.36. The van der Waals surface area contributed by atoms with Gasteiger partial charge in [0, 0.05) is 17.3 Å². The molecule has 6 aromatic rings. The predicted molar refractivity (Wildman–Crippen MR) is 189 cm³/mol. The quantitative estimate of drug-likeness (QED) is 0.184. The average molecular weight is 568 g/mol. The van der Waals surface area contributed by atoms with Crippen molar-refractivity contribution in [3.05, 3.63) is 144 Å². The second-order valence-corrected chi connectivity index (χ2v) is 13.2. The Balaban J connectivity index is 1.35. The van der Waals surface area contributed by atoms with Crippen LogP contribution in [0.4, 0.5) is 0 Å². The van der Waals surface area contributed by atoms with Gasteiger partial charge in [-0.1, -0.05) is 130 Å². The predicted octanol–water partition coefficient (Wildman–Crippen LogP) is 11.6. The molecule has 1 unspecified atom stereocenters. The fraction of sp³-hybridized carbons (Fsp3) is 0.186. The number of aryl methyl sites for hydroxylation is 1. The summed E-state index contributed by atoms with van der Waals surface area (Å²) in [5.74, 6) is 0.552. The highest BCUT2D eigenvalue weighted by atomic mass is 14.7. The lowest BCUT2D eigenvalue weighted by atomic mass is 9.79. The van der Waals surface area contributed by atoms with E-state index < -0.39 is 0 Å². The number of benzene rings is 6. The van der Waals surface area contributed by atoms with Crippen LogP contribution in [-0.2, 0) is 11.8 Å². The summed E-state index contributed by atoms with van der Waals surface area (Å²) in [4.78, 5) is 4.72. The van der Waals surface area contributed by atoms with Crippen LogP contribution in [0, 0.1) is 5.92 Å². The Morgan fingerprint density at radius 2 is 1.20 bits per heavy atom. The highest BCUT2D eigenvalue weighted by molar-refractivity contribution is 6.22. The van der Waals surface area contributed by atoms with E-state index in [-0.39, 0.29) is 5.41 Å². The molecule has 1 aliphatic heterocycles. The first kappa shape index (κ1) is 26.8. The van der Waals surface area contributed by atoms with E-state index in [1.807, 2.05) is 0 Å². The Bertz CT molecular complexity index is 2110. The molecule has 214 valence electrons. The molecule has 44 heavy (non-hydrogen) atoms. The van der Waals surface area contributed by atoms with Crippen LogP contribution in [0.15, 0.2) is 132 Å². The molecule has 0 saturated carbocycles. The van der Waals surface area contributed by atoms with Crippen LogP contribution in [0.1, 0.15) is 50.3 Å². The molecule has 1 heterocycles. The van der Waals surface area contributed by atoms with Gasteiger partial charge in [0.05, 0.1) is 0 Å². The Hall–Kier alpha value is -4.75. The van der Waals surface area contributed by atoms with Crippen LogP contribution in [0.2, 0.25) is 0 Å². The first-order valence-electron chi connectivity index (χ1n) is 16.0. The molecular formula is C43H37N. The van der Waals surface area contributed by atoms with Gasteiger partial charge in [-0.25, -0.2) is 0 Å². The van der Waals surface area contributed by atoms with Gasteiger partial charge in [-0.2, -0.15) is 0 Å². The minimum atomic E-state index is -0.0981. The smallest absolute Gasteiger partial charge is 0.0363 e. The monoisotopic (exact) mass is 567 g/mol. The lowest BCUT2D eigenvalue weighted by molar-refractivity contribution is 0.659. The van der Waals surface area contributed by atoms with Gasteiger partial charge in [0.15, 0.2) is 0 Å². The van der Waals surface area contributed by atoms with Crippen LogP contribution < -0.4 is 0 Å². The zero-order chi connectivity index (χ0) is 29.8. The Labute approximate surface area is 260 Å². The topological polar surface area (TPSA) is 12.4 Å². The van der Waals surface area contributed by atoms with Gasteiger partial charge in [0.25, 0.3) is 0 Å². The SMILES string of the molecule is CC1C=NC(CCc2ccc3c(c2)C(C)(C)c2cc4c(-c5ccccc5)c5ccccc5c(-c5ccccc5)c4cc2-3)=CC1. The maximum atomic E-state index is 4.72. The number of hydrogen-bond donors (Lipinski definition) is 0. The van der Waals surface area contributed by atoms with E-state index in [2.05, 4.69) is 148 Å². The lowest BCUT2D eigenvalue weighted by Gasteiger charge is -2.24. The summed E-state index contributed by atoms with van der Waals surface area (Å²) in [6.07, 6.45) is 7.54. The third-order valence-corrected chi connectivity index (χ3v) is 9.90. The van der Waals surface area contributed by atoms with Gasteiger partial charge in [-0.05, 0) is 109 Å². The second-order valence-electron chi connectivity index (χ2n) is 13.2. The number of allylic oxidation sites excluding steroid dienone is 2. The molecule has 6 aromatic carbocycles. The number of aliphatic imine (C=N–C) groups is 1. The largest absolute Gasteiger partial charge is 0.266 e. The highest BCUT2D eigenvalue weighted by Crippen LogP contribution is 2.53. The van der Waals surface area contributed by atoms with E-state index in [4.69, 9.17) is 4.99 Å². The second kappa shape index (κ2) is 10.5. The summed E-state index contributed by atoms with van der Waals surface area (Å²) in [6.45, 7) is 7.04. The van der Waals surface area contributed by atoms with E-state index in [0.717, 1.165) is 19.3 Å². The number of hydrogen-bond acceptors (Lipinski definition) is 1. The van der Waals surface area contributed by atoms with Crippen molar-refractivity contribution in [3.8, 4) is 33.4 Å². The van der Waals surface area contributed by atoms with Crippen molar-refractivity contribution in [1.82, 2.24) is 0 Å². The molecule has 2 aliphatic rings. The van der Waals surface area contributed by atoms with Gasteiger partial charge in [0.2, 0.25) is 0 Å². The molecule has 0 N–H and O–H groups in total. The third-order valence-electron chi connectivity index (χ3n) is 9.90. The summed E-state index contributed by atoms with van der Waals surface area (Å²) in [5.41, 5.74) is 13.3. The molecule has 0 aromatic heterocycles. The summed E-state index contributed by atoms with van der Waals surface area (Å²) < 4.78 is 0. The molecule has 0 saturated heterocycles. The molecule has 0 bridgehead atoms. The molecular weight excluding hydrogens is 530 g/mol. The number of rotatable bonds is 5. The van der Waals surface area contributed by atoms with Crippen molar-refractivity contribution in [2.45, 2.75) is 45.4 Å². The van der Waals surface area contributed by atoms with Gasteiger partial charge in [0.1, 0.15) is 0 Å². The summed E-state index contributed by atoms with van der Waals surface area (Å²) in [7, 11) is 0. The summed E-state index contributed by atoms with van der Waals surface area (Å²) in [5, 5.41) is 5.24. The van der Waals surface area contributed by atoms with E-state index >= 15 is 0 Å². The van der Waals surface area contributed by atoms with Crippen molar-refractivity contribution in [1.29, 1.82) is 0 Å². The van der Waals surface area contributed by atoms with Crippen LogP contribution in [0.25, 0.3) is 54.9 Å². The fourth-order valence-corrected chi connectivity index (χ4v) is 7.54. The van der Waals surface area contributed by atoms with Crippen molar-refractivity contribution in [2.24, 2.45) is 10.9 Å². The van der Waals surface area contributed by atoms with E-state index in [0.29, 0.717) is 5.92 Å². The molecule has 1 heteroatoms. The van der Waals surface area contributed by atoms with Gasteiger partial charge >= 0.3 is 0 Å². The molecule has 0 radical (unpaired) electrons. The molecule has 0 fully saturated rings. The van der Waals surface area contributed by atoms with Crippen LogP contribution in [0.5, 0.6) is 0 Å². The van der Waals surface area contributed by atoms with Crippen LogP contribution in [-0.4, -0.2) is 6.21 Å². The zero-order valence-corrected chi connectivity index (χ0v) is 25.8. The van der Waals surface area contributed by atoms with Crippen LogP contribution in [0.3, 0.4) is 0 Å². The Kier molecular flexibility index (Phi) is 6.38. The number of fused-ring (bicyclic) bond motifs is 5. The molecule has 0 spiro atoms. The molecule has 0 amide bonds. The van der Waals surface area contributed by atoms with Gasteiger partial charge in [-0.15, -0.1) is 0 Å². The third kappa shape index (κ3) is 4.34. The standard InChI is InChI=1S/C43H37N/c1-28-18-21-32(44-27-28)22-19-29-20-23-33-36-25-37-38(26-40(36)43(2,3)39(33)24-29)42(31-14-8-5-9-15-31)35-17-11-10-16-34(35)41(37)30-12-6-4-7-13-30/h4-17,20-21,23-28H,18-19,22H2,1-3H3. The maximum Gasteiger partial charge on any atom is 0.0363 e. The van der Waals surface area contributed by atoms with Crippen molar-refractivity contribution in [3.63, 3.8) is 0 Å². The zero-order valence-electron chi connectivity index (χ0n) is 25.8. The fourth-order valence-electron chi connectivity index (χ4n) is 7.54. The number of nitrogens with zero attached hydrogens (tertiary/aromatic N) is 1. The minimum Gasteiger partial charge on any atom is -0.266 e. The normalized spacial score (nSPS) is 16.6. The maximum absolute atomic E-state index is 4.72. The van der Waals surface area contributed by atoms with Crippen LogP contribution >= 0.6 is 0 Å². The Morgan fingerprint density at radius 1 is 0.614 bits per heavy atom.